The normalized spacial score (nSPS) is 12.3. The molecule has 1 amide bonds. The molecule has 5 nitrogen and oxygen atoms in total. The van der Waals surface area contributed by atoms with E-state index < -0.39 is 27.8 Å². The summed E-state index contributed by atoms with van der Waals surface area (Å²) in [7, 11) is -5.57. The van der Waals surface area contributed by atoms with Gasteiger partial charge in [0.05, 0.1) is 12.1 Å². The van der Waals surface area contributed by atoms with Crippen LogP contribution in [-0.2, 0) is 10.1 Å². The molecule has 21 heavy (non-hydrogen) atoms. The van der Waals surface area contributed by atoms with E-state index in [0.717, 1.165) is 7.14 Å². The van der Waals surface area contributed by atoms with Gasteiger partial charge in [0.1, 0.15) is 0 Å². The van der Waals surface area contributed by atoms with E-state index in [0.29, 0.717) is 7.14 Å². The van der Waals surface area contributed by atoms with Gasteiger partial charge in [0.15, 0.2) is 0 Å². The minimum atomic E-state index is -5.57. The lowest BCUT2D eigenvalue weighted by Crippen LogP contribution is -2.42. The average molecular weight is 769 g/mol. The number of carbonyl (C=O) groups excluding carboxylic acids is 1. The number of alkyl halides is 2. The SMILES string of the molecule is O=C(NCC(F)(F)S(=O)(=O)O)c1c(I)c(I)cc(I)c1I. The summed E-state index contributed by atoms with van der Waals surface area (Å²) >= 11 is 7.82. The molecule has 118 valence electrons. The van der Waals surface area contributed by atoms with E-state index in [-0.39, 0.29) is 5.56 Å². The standard InChI is InChI=1S/C9H5F2I4NO4S/c10-9(11,21(18,19)20)2-16-8(17)5-6(14)3(12)1-4(13)7(5)15/h1H,2H2,(H,16,17)(H,18,19,20). The quantitative estimate of drug-likeness (QED) is 0.280. The molecule has 0 atom stereocenters. The molecule has 1 aromatic carbocycles. The molecule has 0 aliphatic carbocycles. The Balaban J connectivity index is 3.08. The highest BCUT2D eigenvalue weighted by molar-refractivity contribution is 14.1. The Kier molecular flexibility index (Phi) is 7.31. The third kappa shape index (κ3) is 4.92. The molecule has 0 fully saturated rings. The minimum Gasteiger partial charge on any atom is -0.345 e. The van der Waals surface area contributed by atoms with Crippen molar-refractivity contribution in [3.05, 3.63) is 25.9 Å². The van der Waals surface area contributed by atoms with Gasteiger partial charge in [0.25, 0.3) is 5.91 Å². The molecule has 0 saturated heterocycles. The predicted molar refractivity (Wildman–Crippen MR) is 106 cm³/mol. The molecule has 1 aromatic rings. The first-order valence-electron chi connectivity index (χ1n) is 4.84. The van der Waals surface area contributed by atoms with E-state index >= 15 is 0 Å². The lowest BCUT2D eigenvalue weighted by Gasteiger charge is -2.15. The fraction of sp³-hybridized carbons (Fsp3) is 0.222. The minimum absolute atomic E-state index is 0.193. The third-order valence-electron chi connectivity index (χ3n) is 2.17. The van der Waals surface area contributed by atoms with Gasteiger partial charge in [-0.1, -0.05) is 0 Å². The summed E-state index contributed by atoms with van der Waals surface area (Å²) in [6.07, 6.45) is 0. The van der Waals surface area contributed by atoms with Crippen LogP contribution in [-0.4, -0.2) is 30.7 Å². The summed E-state index contributed by atoms with van der Waals surface area (Å²) in [6, 6.07) is 1.83. The lowest BCUT2D eigenvalue weighted by atomic mass is 10.2. The van der Waals surface area contributed by atoms with Gasteiger partial charge in [-0.2, -0.15) is 17.2 Å². The summed E-state index contributed by atoms with van der Waals surface area (Å²) in [5.74, 6) is -0.830. The maximum atomic E-state index is 13.1. The molecule has 1 rings (SSSR count). The predicted octanol–water partition coefficient (Wildman–Crippen LogP) is 3.32. The Hall–Kier alpha value is 1.38. The summed E-state index contributed by atoms with van der Waals surface area (Å²) in [5, 5.41) is -2.60. The van der Waals surface area contributed by atoms with Crippen LogP contribution >= 0.6 is 90.4 Å². The first-order chi connectivity index (χ1) is 9.38. The highest BCUT2D eigenvalue weighted by Gasteiger charge is 2.44. The van der Waals surface area contributed by atoms with Gasteiger partial charge in [-0.05, 0) is 96.4 Å². The first kappa shape index (κ1) is 20.4. The topological polar surface area (TPSA) is 83.5 Å². The average Bonchev–Trinajstić information content (AvgIpc) is 2.33. The highest BCUT2D eigenvalue weighted by Crippen LogP contribution is 2.29. The van der Waals surface area contributed by atoms with Crippen molar-refractivity contribution in [1.82, 2.24) is 5.32 Å². The van der Waals surface area contributed by atoms with Gasteiger partial charge < -0.3 is 5.32 Å². The van der Waals surface area contributed by atoms with Crippen molar-refractivity contribution in [2.75, 3.05) is 6.54 Å². The Morgan fingerprint density at radius 2 is 1.62 bits per heavy atom. The maximum Gasteiger partial charge on any atom is 0.386 e. The van der Waals surface area contributed by atoms with Crippen LogP contribution in [0.4, 0.5) is 8.78 Å². The molecule has 0 heterocycles. The second-order valence-corrected chi connectivity index (χ2v) is 9.67. The summed E-state index contributed by atoms with van der Waals surface area (Å²) in [4.78, 5) is 12.0. The zero-order chi connectivity index (χ0) is 16.6. The molecule has 2 N–H and O–H groups in total. The number of hydrogen-bond donors (Lipinski definition) is 2. The van der Waals surface area contributed by atoms with Crippen molar-refractivity contribution < 1.29 is 26.5 Å². The van der Waals surface area contributed by atoms with Crippen LogP contribution in [0.25, 0.3) is 0 Å². The lowest BCUT2D eigenvalue weighted by molar-refractivity contribution is 0.0698. The van der Waals surface area contributed by atoms with Crippen LogP contribution < -0.4 is 5.32 Å². The molecular formula is C9H5F2I4NO4S. The van der Waals surface area contributed by atoms with Crippen LogP contribution in [0.15, 0.2) is 6.07 Å². The van der Waals surface area contributed by atoms with Crippen molar-refractivity contribution in [3.8, 4) is 0 Å². The highest BCUT2D eigenvalue weighted by atomic mass is 127. The maximum absolute atomic E-state index is 13.1. The van der Waals surface area contributed by atoms with E-state index in [1.165, 1.54) is 0 Å². The molecule has 12 heteroatoms. The molecule has 0 aliphatic heterocycles. The van der Waals surface area contributed by atoms with Gasteiger partial charge in [0.2, 0.25) is 0 Å². The van der Waals surface area contributed by atoms with E-state index in [9.17, 15) is 22.0 Å². The Labute approximate surface area is 173 Å². The summed E-state index contributed by atoms with van der Waals surface area (Å²) in [6.45, 7) is -1.50. The fourth-order valence-electron chi connectivity index (χ4n) is 1.14. The molecule has 0 unspecified atom stereocenters. The number of nitrogens with one attached hydrogen (secondary N) is 1. The number of benzene rings is 1. The van der Waals surface area contributed by atoms with Gasteiger partial charge in [-0.3, -0.25) is 9.35 Å². The fourth-order valence-corrected chi connectivity index (χ4v) is 5.00. The van der Waals surface area contributed by atoms with Crippen molar-refractivity contribution in [2.45, 2.75) is 5.25 Å². The molecule has 0 radical (unpaired) electrons. The van der Waals surface area contributed by atoms with Crippen LogP contribution in [0.2, 0.25) is 0 Å². The Morgan fingerprint density at radius 3 is 2.00 bits per heavy atom. The van der Waals surface area contributed by atoms with Gasteiger partial charge in [-0.25, -0.2) is 0 Å². The van der Waals surface area contributed by atoms with Crippen molar-refractivity contribution >= 4 is 106 Å². The number of rotatable bonds is 4. The number of carbonyl (C=O) groups is 1. The van der Waals surface area contributed by atoms with Crippen LogP contribution in [0, 0.1) is 14.3 Å². The molecule has 0 bridgehead atoms. The zero-order valence-electron chi connectivity index (χ0n) is 9.63. The number of halogens is 6. The van der Waals surface area contributed by atoms with E-state index in [4.69, 9.17) is 4.55 Å². The number of amides is 1. The zero-order valence-corrected chi connectivity index (χ0v) is 19.1. The Morgan fingerprint density at radius 1 is 1.19 bits per heavy atom. The van der Waals surface area contributed by atoms with E-state index in [2.05, 4.69) is 0 Å². The molecular weight excluding hydrogens is 764 g/mol. The second kappa shape index (κ2) is 7.51. The second-order valence-electron chi connectivity index (χ2n) is 3.64. The summed E-state index contributed by atoms with van der Waals surface area (Å²) in [5.41, 5.74) is 0.193. The monoisotopic (exact) mass is 769 g/mol. The van der Waals surface area contributed by atoms with Gasteiger partial charge >= 0.3 is 15.4 Å². The number of hydrogen-bond acceptors (Lipinski definition) is 3. The molecule has 0 aromatic heterocycles. The molecule has 0 aliphatic rings. The first-order valence-corrected chi connectivity index (χ1v) is 10.6. The van der Waals surface area contributed by atoms with Crippen molar-refractivity contribution in [1.29, 1.82) is 0 Å². The van der Waals surface area contributed by atoms with Crippen LogP contribution in [0.1, 0.15) is 10.4 Å². The molecule has 0 spiro atoms. The van der Waals surface area contributed by atoms with Crippen molar-refractivity contribution in [2.24, 2.45) is 0 Å². The van der Waals surface area contributed by atoms with Gasteiger partial charge in [0, 0.05) is 14.3 Å². The molecule has 0 saturated carbocycles. The smallest absolute Gasteiger partial charge is 0.345 e. The van der Waals surface area contributed by atoms with Crippen LogP contribution in [0.3, 0.4) is 0 Å². The largest absolute Gasteiger partial charge is 0.386 e. The van der Waals surface area contributed by atoms with E-state index in [1.54, 1.807) is 0 Å². The third-order valence-corrected chi connectivity index (χ3v) is 9.08. The van der Waals surface area contributed by atoms with Crippen LogP contribution in [0.5, 0.6) is 0 Å². The van der Waals surface area contributed by atoms with Gasteiger partial charge in [-0.15, -0.1) is 0 Å². The Bertz CT molecular complexity index is 669. The summed E-state index contributed by atoms with van der Waals surface area (Å²) < 4.78 is 58.3. The van der Waals surface area contributed by atoms with Crippen molar-refractivity contribution in [3.63, 3.8) is 0 Å². The van der Waals surface area contributed by atoms with E-state index in [1.807, 2.05) is 102 Å².